The topological polar surface area (TPSA) is 49.7 Å². The second kappa shape index (κ2) is 6.89. The number of aliphatic hydroxyl groups excluding tert-OH is 2. The number of aliphatic hydroxyl groups is 2. The van der Waals surface area contributed by atoms with Crippen molar-refractivity contribution in [1.29, 1.82) is 0 Å². The largest absolute Gasteiger partial charge is 0.489 e. The van der Waals surface area contributed by atoms with E-state index in [4.69, 9.17) is 14.9 Å². The summed E-state index contributed by atoms with van der Waals surface area (Å²) in [6.07, 6.45) is 0. The molecule has 2 rings (SSSR count). The summed E-state index contributed by atoms with van der Waals surface area (Å²) in [6, 6.07) is 15.1. The molecule has 0 aliphatic rings. The van der Waals surface area contributed by atoms with Crippen LogP contribution < -0.4 is 0 Å². The molecule has 0 aromatic heterocycles. The molecule has 3 heteroatoms. The highest BCUT2D eigenvalue weighted by atomic mass is 16.5. The molecular weight excluding hydrogens is 252 g/mol. The maximum atomic E-state index is 9.11. The van der Waals surface area contributed by atoms with E-state index in [1.54, 1.807) is 0 Å². The lowest BCUT2D eigenvalue weighted by Crippen LogP contribution is -1.94. The molecule has 0 bridgehead atoms. The molecular formula is C17H18O3. The van der Waals surface area contributed by atoms with Gasteiger partial charge in [0.2, 0.25) is 0 Å². The standard InChI is InChI=1S/C17H18O3/c1-13(17-4-2-3-16(9-17)11-19)20-12-15-7-5-14(10-18)6-8-15/h2-9,18-19H,1,10-12H2. The minimum atomic E-state index is 0.00371. The molecule has 0 atom stereocenters. The number of ether oxygens (including phenoxy) is 1. The van der Waals surface area contributed by atoms with Gasteiger partial charge in [0.25, 0.3) is 0 Å². The van der Waals surface area contributed by atoms with E-state index in [0.717, 1.165) is 22.3 Å². The van der Waals surface area contributed by atoms with E-state index < -0.39 is 0 Å². The van der Waals surface area contributed by atoms with Crippen LogP contribution in [-0.4, -0.2) is 10.2 Å². The van der Waals surface area contributed by atoms with Crippen molar-refractivity contribution in [1.82, 2.24) is 0 Å². The van der Waals surface area contributed by atoms with Crippen molar-refractivity contribution in [3.05, 3.63) is 77.4 Å². The highest BCUT2D eigenvalue weighted by Crippen LogP contribution is 2.17. The summed E-state index contributed by atoms with van der Waals surface area (Å²) in [5.41, 5.74) is 3.59. The van der Waals surface area contributed by atoms with Crippen LogP contribution >= 0.6 is 0 Å². The number of benzene rings is 2. The molecule has 20 heavy (non-hydrogen) atoms. The summed E-state index contributed by atoms with van der Waals surface area (Å²) < 4.78 is 5.65. The third-order valence-corrected chi connectivity index (χ3v) is 3.05. The average Bonchev–Trinajstić information content (AvgIpc) is 2.53. The Morgan fingerprint density at radius 1 is 0.900 bits per heavy atom. The van der Waals surface area contributed by atoms with Gasteiger partial charge >= 0.3 is 0 Å². The molecule has 0 saturated heterocycles. The van der Waals surface area contributed by atoms with Gasteiger partial charge in [-0.15, -0.1) is 0 Å². The zero-order chi connectivity index (χ0) is 14.4. The van der Waals surface area contributed by atoms with Gasteiger partial charge in [0.05, 0.1) is 13.2 Å². The first-order valence-corrected chi connectivity index (χ1v) is 6.43. The molecule has 0 unspecified atom stereocenters. The van der Waals surface area contributed by atoms with Crippen LogP contribution in [0.5, 0.6) is 0 Å². The maximum Gasteiger partial charge on any atom is 0.119 e. The first-order chi connectivity index (χ1) is 9.72. The van der Waals surface area contributed by atoms with Gasteiger partial charge in [0.1, 0.15) is 12.4 Å². The highest BCUT2D eigenvalue weighted by Gasteiger charge is 2.02. The zero-order valence-corrected chi connectivity index (χ0v) is 11.2. The van der Waals surface area contributed by atoms with Crippen LogP contribution in [0.4, 0.5) is 0 Å². The molecule has 0 saturated carbocycles. The van der Waals surface area contributed by atoms with E-state index in [9.17, 15) is 0 Å². The van der Waals surface area contributed by atoms with Crippen molar-refractivity contribution in [2.24, 2.45) is 0 Å². The molecule has 3 nitrogen and oxygen atoms in total. The molecule has 104 valence electrons. The smallest absolute Gasteiger partial charge is 0.119 e. The van der Waals surface area contributed by atoms with Crippen molar-refractivity contribution in [3.8, 4) is 0 Å². The predicted molar refractivity (Wildman–Crippen MR) is 78.6 cm³/mol. The maximum absolute atomic E-state index is 9.11. The highest BCUT2D eigenvalue weighted by molar-refractivity contribution is 5.58. The van der Waals surface area contributed by atoms with Gasteiger partial charge in [-0.25, -0.2) is 0 Å². The van der Waals surface area contributed by atoms with E-state index in [2.05, 4.69) is 6.58 Å². The van der Waals surface area contributed by atoms with E-state index in [1.807, 2.05) is 48.5 Å². The Labute approximate surface area is 118 Å². The Balaban J connectivity index is 1.97. The van der Waals surface area contributed by atoms with Gasteiger partial charge in [-0.1, -0.05) is 49.0 Å². The van der Waals surface area contributed by atoms with Crippen molar-refractivity contribution in [3.63, 3.8) is 0 Å². The minimum absolute atomic E-state index is 0.00371. The summed E-state index contributed by atoms with van der Waals surface area (Å²) in [5, 5.41) is 18.1. The van der Waals surface area contributed by atoms with Crippen molar-refractivity contribution in [2.45, 2.75) is 19.8 Å². The zero-order valence-electron chi connectivity index (χ0n) is 11.2. The summed E-state index contributed by atoms with van der Waals surface area (Å²) in [5.74, 6) is 0.575. The third-order valence-electron chi connectivity index (χ3n) is 3.05. The van der Waals surface area contributed by atoms with Crippen molar-refractivity contribution >= 4 is 5.76 Å². The van der Waals surface area contributed by atoms with E-state index >= 15 is 0 Å². The lowest BCUT2D eigenvalue weighted by Gasteiger charge is -2.10. The van der Waals surface area contributed by atoms with Crippen molar-refractivity contribution in [2.75, 3.05) is 0 Å². The first kappa shape index (κ1) is 14.3. The Hall–Kier alpha value is -2.10. The quantitative estimate of drug-likeness (QED) is 0.794. The van der Waals surface area contributed by atoms with Crippen LogP contribution in [0.1, 0.15) is 22.3 Å². The molecule has 0 aliphatic heterocycles. The fourth-order valence-electron chi connectivity index (χ4n) is 1.84. The second-order valence-corrected chi connectivity index (χ2v) is 4.54. The Kier molecular flexibility index (Phi) is 4.93. The summed E-state index contributed by atoms with van der Waals surface area (Å²) >= 11 is 0. The summed E-state index contributed by atoms with van der Waals surface area (Å²) in [4.78, 5) is 0. The molecule has 0 amide bonds. The van der Waals surface area contributed by atoms with Crippen LogP contribution in [-0.2, 0) is 24.6 Å². The molecule has 2 aromatic carbocycles. The van der Waals surface area contributed by atoms with Gasteiger partial charge in [0, 0.05) is 5.56 Å². The predicted octanol–water partition coefficient (Wildman–Crippen LogP) is 2.86. The first-order valence-electron chi connectivity index (χ1n) is 6.43. The molecule has 0 aliphatic carbocycles. The van der Waals surface area contributed by atoms with Gasteiger partial charge in [-0.3, -0.25) is 0 Å². The average molecular weight is 270 g/mol. The van der Waals surface area contributed by atoms with Crippen LogP contribution in [0.15, 0.2) is 55.1 Å². The molecule has 2 aromatic rings. The van der Waals surface area contributed by atoms with Gasteiger partial charge in [-0.05, 0) is 22.8 Å². The Bertz CT molecular complexity index is 573. The van der Waals surface area contributed by atoms with E-state index in [-0.39, 0.29) is 13.2 Å². The van der Waals surface area contributed by atoms with E-state index in [1.165, 1.54) is 0 Å². The molecule has 0 spiro atoms. The fourth-order valence-corrected chi connectivity index (χ4v) is 1.84. The molecule has 0 radical (unpaired) electrons. The Morgan fingerprint density at radius 2 is 1.55 bits per heavy atom. The van der Waals surface area contributed by atoms with Crippen LogP contribution in [0.25, 0.3) is 5.76 Å². The molecule has 2 N–H and O–H groups in total. The van der Waals surface area contributed by atoms with Crippen LogP contribution in [0.2, 0.25) is 0 Å². The fraction of sp³-hybridized carbons (Fsp3) is 0.176. The number of hydrogen-bond donors (Lipinski definition) is 2. The summed E-state index contributed by atoms with van der Waals surface area (Å²) in [7, 11) is 0. The molecule has 0 fully saturated rings. The lowest BCUT2D eigenvalue weighted by atomic mass is 10.1. The van der Waals surface area contributed by atoms with Crippen molar-refractivity contribution < 1.29 is 14.9 Å². The molecule has 0 heterocycles. The van der Waals surface area contributed by atoms with Gasteiger partial charge in [0.15, 0.2) is 0 Å². The van der Waals surface area contributed by atoms with Crippen LogP contribution in [0, 0.1) is 0 Å². The monoisotopic (exact) mass is 270 g/mol. The SMILES string of the molecule is C=C(OCc1ccc(CO)cc1)c1cccc(CO)c1. The third kappa shape index (κ3) is 3.70. The Morgan fingerprint density at radius 3 is 2.20 bits per heavy atom. The van der Waals surface area contributed by atoms with Gasteiger partial charge in [-0.2, -0.15) is 0 Å². The lowest BCUT2D eigenvalue weighted by molar-refractivity contribution is 0.264. The van der Waals surface area contributed by atoms with E-state index in [0.29, 0.717) is 12.4 Å². The normalized spacial score (nSPS) is 10.3. The summed E-state index contributed by atoms with van der Waals surface area (Å²) in [6.45, 7) is 4.38. The number of hydrogen-bond acceptors (Lipinski definition) is 3. The van der Waals surface area contributed by atoms with Crippen LogP contribution in [0.3, 0.4) is 0 Å². The second-order valence-electron chi connectivity index (χ2n) is 4.54. The minimum Gasteiger partial charge on any atom is -0.489 e. The number of rotatable bonds is 6. The van der Waals surface area contributed by atoms with Gasteiger partial charge < -0.3 is 14.9 Å².